The summed E-state index contributed by atoms with van der Waals surface area (Å²) >= 11 is 0. The molecule has 0 fully saturated rings. The van der Waals surface area contributed by atoms with Crippen molar-refractivity contribution < 1.29 is 23.5 Å². The van der Waals surface area contributed by atoms with E-state index in [0.29, 0.717) is 5.76 Å². The van der Waals surface area contributed by atoms with Gasteiger partial charge in [-0.1, -0.05) is 30.3 Å². The van der Waals surface area contributed by atoms with Crippen LogP contribution in [0.2, 0.25) is 0 Å². The van der Waals surface area contributed by atoms with E-state index < -0.39 is 5.97 Å². The van der Waals surface area contributed by atoms with Crippen LogP contribution in [-0.2, 0) is 27.3 Å². The van der Waals surface area contributed by atoms with Crippen LogP contribution in [0.15, 0.2) is 46.9 Å². The molecule has 0 bridgehead atoms. The van der Waals surface area contributed by atoms with Gasteiger partial charge in [0.15, 0.2) is 0 Å². The molecule has 5 nitrogen and oxygen atoms in total. The minimum absolute atomic E-state index is 0.0112. The van der Waals surface area contributed by atoms with Crippen molar-refractivity contribution in [3.63, 3.8) is 0 Å². The van der Waals surface area contributed by atoms with Crippen molar-refractivity contribution in [3.8, 4) is 0 Å². The van der Waals surface area contributed by atoms with Crippen molar-refractivity contribution in [2.24, 2.45) is 0 Å². The summed E-state index contributed by atoms with van der Waals surface area (Å²) in [5, 5.41) is 0. The lowest BCUT2D eigenvalue weighted by Gasteiger charge is -2.03. The monoisotopic (exact) mass is 274 g/mol. The molecule has 1 aromatic heterocycles. The molecule has 2 rings (SSSR count). The maximum Gasteiger partial charge on any atom is 0.373 e. The minimum Gasteiger partial charge on any atom is -0.463 e. The van der Waals surface area contributed by atoms with Crippen LogP contribution in [0.4, 0.5) is 0 Å². The number of benzene rings is 1. The molecule has 0 spiro atoms. The van der Waals surface area contributed by atoms with E-state index in [1.54, 1.807) is 6.07 Å². The Kier molecular flexibility index (Phi) is 4.55. The first-order valence-corrected chi connectivity index (χ1v) is 6.05. The van der Waals surface area contributed by atoms with Crippen molar-refractivity contribution in [1.82, 2.24) is 0 Å². The second-order valence-corrected chi connectivity index (χ2v) is 4.08. The van der Waals surface area contributed by atoms with Crippen LogP contribution in [0, 0.1) is 0 Å². The van der Waals surface area contributed by atoms with E-state index in [1.807, 2.05) is 30.3 Å². The van der Waals surface area contributed by atoms with E-state index in [1.165, 1.54) is 13.2 Å². The smallest absolute Gasteiger partial charge is 0.373 e. The Morgan fingerprint density at radius 2 is 1.85 bits per heavy atom. The summed E-state index contributed by atoms with van der Waals surface area (Å²) in [4.78, 5) is 22.8. The van der Waals surface area contributed by atoms with E-state index in [9.17, 15) is 9.59 Å². The lowest BCUT2D eigenvalue weighted by Crippen LogP contribution is -2.07. The fourth-order valence-corrected chi connectivity index (χ4v) is 1.63. The van der Waals surface area contributed by atoms with Crippen molar-refractivity contribution in [3.05, 3.63) is 59.5 Å². The molecule has 0 radical (unpaired) electrons. The molecule has 5 heteroatoms. The standard InChI is InChI=1S/C15H14O5/c1-18-15(17)13-8-7-12(20-13)10-19-14(16)9-11-5-3-2-4-6-11/h2-8H,9-10H2,1H3. The number of rotatable bonds is 5. The summed E-state index contributed by atoms with van der Waals surface area (Å²) < 4.78 is 14.8. The van der Waals surface area contributed by atoms with E-state index >= 15 is 0 Å². The third kappa shape index (κ3) is 3.71. The van der Waals surface area contributed by atoms with Gasteiger partial charge in [0.05, 0.1) is 13.5 Å². The van der Waals surface area contributed by atoms with Gasteiger partial charge in [0.25, 0.3) is 0 Å². The van der Waals surface area contributed by atoms with Crippen molar-refractivity contribution in [2.75, 3.05) is 7.11 Å². The number of esters is 2. The molecule has 0 N–H and O–H groups in total. The average molecular weight is 274 g/mol. The van der Waals surface area contributed by atoms with Crippen LogP contribution < -0.4 is 0 Å². The Morgan fingerprint density at radius 1 is 1.10 bits per heavy atom. The Bertz CT molecular complexity index is 585. The molecule has 0 amide bonds. The van der Waals surface area contributed by atoms with Crippen LogP contribution in [0.25, 0.3) is 0 Å². The zero-order valence-corrected chi connectivity index (χ0v) is 11.0. The molecule has 0 unspecified atom stereocenters. The molecule has 1 aromatic carbocycles. The zero-order valence-electron chi connectivity index (χ0n) is 11.0. The summed E-state index contributed by atoms with van der Waals surface area (Å²) in [6.45, 7) is -0.0112. The predicted octanol–water partition coefficient (Wildman–Crippen LogP) is 2.35. The topological polar surface area (TPSA) is 65.7 Å². The first-order valence-electron chi connectivity index (χ1n) is 6.05. The highest BCUT2D eigenvalue weighted by Gasteiger charge is 2.12. The van der Waals surface area contributed by atoms with Crippen molar-refractivity contribution in [1.29, 1.82) is 0 Å². The quantitative estimate of drug-likeness (QED) is 0.783. The van der Waals surface area contributed by atoms with E-state index in [-0.39, 0.29) is 24.8 Å². The van der Waals surface area contributed by atoms with Gasteiger partial charge in [0, 0.05) is 0 Å². The van der Waals surface area contributed by atoms with Gasteiger partial charge in [-0.05, 0) is 17.7 Å². The number of hydrogen-bond acceptors (Lipinski definition) is 5. The van der Waals surface area contributed by atoms with Gasteiger partial charge in [0.1, 0.15) is 12.4 Å². The van der Waals surface area contributed by atoms with E-state index in [0.717, 1.165) is 5.56 Å². The molecule has 0 saturated carbocycles. The molecule has 1 heterocycles. The fourth-order valence-electron chi connectivity index (χ4n) is 1.63. The molecular formula is C15H14O5. The largest absolute Gasteiger partial charge is 0.463 e. The first-order chi connectivity index (χ1) is 9.69. The highest BCUT2D eigenvalue weighted by molar-refractivity contribution is 5.86. The van der Waals surface area contributed by atoms with Gasteiger partial charge in [0.2, 0.25) is 5.76 Å². The second-order valence-electron chi connectivity index (χ2n) is 4.08. The van der Waals surface area contributed by atoms with Crippen LogP contribution >= 0.6 is 0 Å². The highest BCUT2D eigenvalue weighted by atomic mass is 16.5. The normalized spacial score (nSPS) is 10.1. The van der Waals surface area contributed by atoms with Gasteiger partial charge < -0.3 is 13.9 Å². The maximum absolute atomic E-state index is 11.6. The lowest BCUT2D eigenvalue weighted by atomic mass is 10.2. The third-order valence-electron chi connectivity index (χ3n) is 2.61. The summed E-state index contributed by atoms with van der Waals surface area (Å²) in [7, 11) is 1.27. The van der Waals surface area contributed by atoms with Gasteiger partial charge in [-0.3, -0.25) is 4.79 Å². The van der Waals surface area contributed by atoms with Crippen molar-refractivity contribution in [2.45, 2.75) is 13.0 Å². The Balaban J connectivity index is 1.84. The summed E-state index contributed by atoms with van der Waals surface area (Å²) in [5.41, 5.74) is 0.882. The molecular weight excluding hydrogens is 260 g/mol. The number of ether oxygens (including phenoxy) is 2. The molecule has 0 aliphatic heterocycles. The van der Waals surface area contributed by atoms with Gasteiger partial charge in [-0.2, -0.15) is 0 Å². The molecule has 2 aromatic rings. The SMILES string of the molecule is COC(=O)c1ccc(COC(=O)Cc2ccccc2)o1. The molecule has 0 saturated heterocycles. The van der Waals surface area contributed by atoms with Gasteiger partial charge in [-0.25, -0.2) is 4.79 Å². The molecule has 0 aliphatic rings. The summed E-state index contributed by atoms with van der Waals surface area (Å²) in [5.74, 6) is -0.437. The minimum atomic E-state index is -0.563. The third-order valence-corrected chi connectivity index (χ3v) is 2.61. The first kappa shape index (κ1) is 13.9. The second kappa shape index (κ2) is 6.56. The van der Waals surface area contributed by atoms with Gasteiger partial charge in [-0.15, -0.1) is 0 Å². The van der Waals surface area contributed by atoms with Crippen molar-refractivity contribution >= 4 is 11.9 Å². The van der Waals surface area contributed by atoms with Crippen LogP contribution in [-0.4, -0.2) is 19.0 Å². The van der Waals surface area contributed by atoms with Crippen LogP contribution in [0.3, 0.4) is 0 Å². The van der Waals surface area contributed by atoms with Crippen LogP contribution in [0.5, 0.6) is 0 Å². The molecule has 0 atom stereocenters. The number of carbonyl (C=O) groups is 2. The molecule has 0 aliphatic carbocycles. The predicted molar refractivity (Wildman–Crippen MR) is 70.0 cm³/mol. The molecule has 20 heavy (non-hydrogen) atoms. The van der Waals surface area contributed by atoms with Crippen LogP contribution in [0.1, 0.15) is 21.9 Å². The molecule has 104 valence electrons. The maximum atomic E-state index is 11.6. The number of hydrogen-bond donors (Lipinski definition) is 0. The summed E-state index contributed by atoms with van der Waals surface area (Å²) in [6, 6.07) is 12.4. The van der Waals surface area contributed by atoms with E-state index in [4.69, 9.17) is 9.15 Å². The van der Waals surface area contributed by atoms with E-state index in [2.05, 4.69) is 4.74 Å². The Hall–Kier alpha value is -2.56. The zero-order chi connectivity index (χ0) is 14.4. The lowest BCUT2D eigenvalue weighted by molar-refractivity contribution is -0.144. The highest BCUT2D eigenvalue weighted by Crippen LogP contribution is 2.11. The number of carbonyl (C=O) groups excluding carboxylic acids is 2. The number of methoxy groups -OCH3 is 1. The average Bonchev–Trinajstić information content (AvgIpc) is 2.94. The number of furan rings is 1. The Labute approximate surface area is 116 Å². The fraction of sp³-hybridized carbons (Fsp3) is 0.200. The van der Waals surface area contributed by atoms with Gasteiger partial charge >= 0.3 is 11.9 Å². The summed E-state index contributed by atoms with van der Waals surface area (Å²) in [6.07, 6.45) is 0.200. The Morgan fingerprint density at radius 3 is 2.55 bits per heavy atom.